The van der Waals surface area contributed by atoms with Crippen molar-refractivity contribution in [2.24, 2.45) is 5.92 Å². The maximum absolute atomic E-state index is 3.99. The van der Waals surface area contributed by atoms with E-state index in [1.54, 1.807) is 12.4 Å². The lowest BCUT2D eigenvalue weighted by Crippen LogP contribution is -1.96. The summed E-state index contributed by atoms with van der Waals surface area (Å²) in [7, 11) is 0. The normalized spacial score (nSPS) is 9.94. The van der Waals surface area contributed by atoms with Gasteiger partial charge < -0.3 is 0 Å². The Morgan fingerprint density at radius 2 is 1.72 bits per heavy atom. The lowest BCUT2D eigenvalue weighted by molar-refractivity contribution is 0.646. The van der Waals surface area contributed by atoms with Crippen LogP contribution < -0.4 is 0 Å². The van der Waals surface area contributed by atoms with Gasteiger partial charge in [0, 0.05) is 23.5 Å². The zero-order valence-corrected chi connectivity index (χ0v) is 10.9. The summed E-state index contributed by atoms with van der Waals surface area (Å²) in [5, 5.41) is 0. The molecule has 1 heteroatoms. The van der Waals surface area contributed by atoms with E-state index in [0.29, 0.717) is 5.92 Å². The highest BCUT2D eigenvalue weighted by atomic mass is 14.6. The fraction of sp³-hybridized carbons (Fsp3) is 0.235. The van der Waals surface area contributed by atoms with Gasteiger partial charge in [0.1, 0.15) is 0 Å². The van der Waals surface area contributed by atoms with Crippen LogP contribution in [-0.2, 0) is 6.42 Å². The molecule has 1 nitrogen and oxygen atoms in total. The third kappa shape index (κ3) is 3.46. The molecule has 2 aromatic rings. The fourth-order valence-corrected chi connectivity index (χ4v) is 1.83. The summed E-state index contributed by atoms with van der Waals surface area (Å²) < 4.78 is 0. The van der Waals surface area contributed by atoms with Gasteiger partial charge in [0.25, 0.3) is 0 Å². The van der Waals surface area contributed by atoms with Crippen LogP contribution in [-0.4, -0.2) is 4.98 Å². The van der Waals surface area contributed by atoms with Crippen LogP contribution in [0.3, 0.4) is 0 Å². The smallest absolute Gasteiger partial charge is 0.0281 e. The maximum atomic E-state index is 3.99. The Hall–Kier alpha value is -2.07. The number of nitrogens with zero attached hydrogens (tertiary/aromatic N) is 1. The van der Waals surface area contributed by atoms with Crippen molar-refractivity contribution in [3.05, 3.63) is 65.5 Å². The minimum Gasteiger partial charge on any atom is -0.265 e. The number of benzene rings is 1. The molecule has 0 bridgehead atoms. The van der Waals surface area contributed by atoms with Crippen LogP contribution in [0.15, 0.2) is 48.8 Å². The molecule has 18 heavy (non-hydrogen) atoms. The summed E-state index contributed by atoms with van der Waals surface area (Å²) in [6.07, 6.45) is 4.61. The first-order valence-corrected chi connectivity index (χ1v) is 6.25. The number of pyridine rings is 1. The lowest BCUT2D eigenvalue weighted by Gasteiger charge is -2.06. The van der Waals surface area contributed by atoms with Crippen LogP contribution in [0.2, 0.25) is 0 Å². The Labute approximate surface area is 109 Å². The summed E-state index contributed by atoms with van der Waals surface area (Å²) in [6.45, 7) is 4.46. The lowest BCUT2D eigenvalue weighted by atomic mass is 9.98. The van der Waals surface area contributed by atoms with Crippen molar-refractivity contribution in [3.63, 3.8) is 0 Å². The SMILES string of the molecule is CC(C)Cc1ccccc1C#Cc1ccncc1. The Morgan fingerprint density at radius 3 is 2.44 bits per heavy atom. The van der Waals surface area contributed by atoms with E-state index in [-0.39, 0.29) is 0 Å². The van der Waals surface area contributed by atoms with Gasteiger partial charge in [-0.05, 0) is 36.1 Å². The Bertz CT molecular complexity index is 559. The quantitative estimate of drug-likeness (QED) is 0.724. The molecule has 0 spiro atoms. The summed E-state index contributed by atoms with van der Waals surface area (Å²) in [6, 6.07) is 12.2. The van der Waals surface area contributed by atoms with E-state index >= 15 is 0 Å². The molecule has 1 aromatic heterocycles. The van der Waals surface area contributed by atoms with Crippen molar-refractivity contribution >= 4 is 0 Å². The molecule has 0 aliphatic heterocycles. The van der Waals surface area contributed by atoms with E-state index in [2.05, 4.69) is 48.9 Å². The Balaban J connectivity index is 2.27. The number of rotatable bonds is 2. The van der Waals surface area contributed by atoms with Crippen LogP contribution in [0.5, 0.6) is 0 Å². The monoisotopic (exact) mass is 235 g/mol. The molecule has 1 aromatic carbocycles. The van der Waals surface area contributed by atoms with Gasteiger partial charge in [-0.1, -0.05) is 43.9 Å². The molecule has 0 N–H and O–H groups in total. The average Bonchev–Trinajstić information content (AvgIpc) is 2.38. The van der Waals surface area contributed by atoms with E-state index < -0.39 is 0 Å². The first-order valence-electron chi connectivity index (χ1n) is 6.25. The van der Waals surface area contributed by atoms with E-state index in [1.165, 1.54) is 5.56 Å². The van der Waals surface area contributed by atoms with Crippen molar-refractivity contribution in [3.8, 4) is 11.8 Å². The number of aromatic nitrogens is 1. The van der Waals surface area contributed by atoms with Gasteiger partial charge in [0.2, 0.25) is 0 Å². The number of hydrogen-bond donors (Lipinski definition) is 0. The average molecular weight is 235 g/mol. The summed E-state index contributed by atoms with van der Waals surface area (Å²) in [5.74, 6) is 7.09. The molecule has 0 atom stereocenters. The van der Waals surface area contributed by atoms with E-state index in [9.17, 15) is 0 Å². The minimum atomic E-state index is 0.647. The molecule has 0 aliphatic rings. The van der Waals surface area contributed by atoms with Crippen LogP contribution in [0.25, 0.3) is 0 Å². The van der Waals surface area contributed by atoms with Gasteiger partial charge in [-0.15, -0.1) is 0 Å². The molecule has 0 fully saturated rings. The fourth-order valence-electron chi connectivity index (χ4n) is 1.83. The van der Waals surface area contributed by atoms with Crippen LogP contribution >= 0.6 is 0 Å². The van der Waals surface area contributed by atoms with Gasteiger partial charge in [0.15, 0.2) is 0 Å². The largest absolute Gasteiger partial charge is 0.265 e. The Kier molecular flexibility index (Phi) is 4.15. The van der Waals surface area contributed by atoms with Gasteiger partial charge in [-0.25, -0.2) is 0 Å². The molecule has 0 saturated carbocycles. The highest BCUT2D eigenvalue weighted by molar-refractivity contribution is 5.46. The van der Waals surface area contributed by atoms with Crippen molar-refractivity contribution in [2.45, 2.75) is 20.3 Å². The Morgan fingerprint density at radius 1 is 1.00 bits per heavy atom. The van der Waals surface area contributed by atoms with Gasteiger partial charge in [0.05, 0.1) is 0 Å². The molecule has 0 amide bonds. The maximum Gasteiger partial charge on any atom is 0.0281 e. The van der Waals surface area contributed by atoms with Crippen LogP contribution in [0.4, 0.5) is 0 Å². The molecular formula is C17H17N. The standard InChI is InChI=1S/C17H17N/c1-14(2)13-17-6-4-3-5-16(17)8-7-15-9-11-18-12-10-15/h3-6,9-12,14H,13H2,1-2H3. The highest BCUT2D eigenvalue weighted by Gasteiger charge is 2.01. The van der Waals surface area contributed by atoms with Crippen LogP contribution in [0.1, 0.15) is 30.5 Å². The topological polar surface area (TPSA) is 12.9 Å². The molecule has 0 radical (unpaired) electrons. The first kappa shape index (κ1) is 12.4. The molecule has 0 aliphatic carbocycles. The van der Waals surface area contributed by atoms with Crippen molar-refractivity contribution in [1.82, 2.24) is 4.98 Å². The second kappa shape index (κ2) is 6.02. The van der Waals surface area contributed by atoms with E-state index in [0.717, 1.165) is 17.5 Å². The predicted molar refractivity (Wildman–Crippen MR) is 75.2 cm³/mol. The third-order valence-corrected chi connectivity index (χ3v) is 2.67. The molecular weight excluding hydrogens is 218 g/mol. The zero-order valence-electron chi connectivity index (χ0n) is 10.9. The molecule has 90 valence electrons. The first-order chi connectivity index (χ1) is 8.75. The number of hydrogen-bond acceptors (Lipinski definition) is 1. The molecule has 0 saturated heterocycles. The third-order valence-electron chi connectivity index (χ3n) is 2.67. The second-order valence-electron chi connectivity index (χ2n) is 4.74. The van der Waals surface area contributed by atoms with Crippen molar-refractivity contribution in [1.29, 1.82) is 0 Å². The molecule has 1 heterocycles. The molecule has 0 unspecified atom stereocenters. The highest BCUT2D eigenvalue weighted by Crippen LogP contribution is 2.13. The summed E-state index contributed by atoms with van der Waals surface area (Å²) >= 11 is 0. The second-order valence-corrected chi connectivity index (χ2v) is 4.74. The van der Waals surface area contributed by atoms with Gasteiger partial charge in [-0.3, -0.25) is 4.98 Å². The minimum absolute atomic E-state index is 0.647. The summed E-state index contributed by atoms with van der Waals surface area (Å²) in [4.78, 5) is 3.99. The predicted octanol–water partition coefficient (Wildman–Crippen LogP) is 3.68. The van der Waals surface area contributed by atoms with Crippen LogP contribution in [0, 0.1) is 17.8 Å². The molecule has 2 rings (SSSR count). The van der Waals surface area contributed by atoms with E-state index in [1.807, 2.05) is 18.2 Å². The van der Waals surface area contributed by atoms with Gasteiger partial charge >= 0.3 is 0 Å². The van der Waals surface area contributed by atoms with Crippen molar-refractivity contribution < 1.29 is 0 Å². The van der Waals surface area contributed by atoms with Crippen molar-refractivity contribution in [2.75, 3.05) is 0 Å². The zero-order chi connectivity index (χ0) is 12.8. The summed E-state index contributed by atoms with van der Waals surface area (Å²) in [5.41, 5.74) is 3.46. The van der Waals surface area contributed by atoms with E-state index in [4.69, 9.17) is 0 Å². The van der Waals surface area contributed by atoms with Gasteiger partial charge in [-0.2, -0.15) is 0 Å².